The van der Waals surface area contributed by atoms with Crippen molar-refractivity contribution in [1.29, 1.82) is 0 Å². The minimum Gasteiger partial charge on any atom is -0.468 e. The van der Waals surface area contributed by atoms with Gasteiger partial charge in [-0.15, -0.1) is 0 Å². The summed E-state index contributed by atoms with van der Waals surface area (Å²) in [5.41, 5.74) is -0.370. The van der Waals surface area contributed by atoms with Crippen LogP contribution in [0.25, 0.3) is 0 Å². The molecule has 0 rings (SSSR count). The highest BCUT2D eigenvalue weighted by Gasteiger charge is 2.35. The first kappa shape index (κ1) is 17.4. The molecule has 0 spiro atoms. The van der Waals surface area contributed by atoms with Gasteiger partial charge in [0.2, 0.25) is 0 Å². The van der Waals surface area contributed by atoms with Gasteiger partial charge in [-0.2, -0.15) is 0 Å². The molecule has 4 heteroatoms. The first-order valence-electron chi connectivity index (χ1n) is 6.53. The van der Waals surface area contributed by atoms with Gasteiger partial charge in [-0.3, -0.25) is 4.79 Å². The molecule has 0 bridgehead atoms. The van der Waals surface area contributed by atoms with E-state index in [1.165, 1.54) is 7.11 Å². The molecular weight excluding hydrogens is 228 g/mol. The number of carbonyl (C=O) groups excluding carboxylic acids is 1. The molecule has 0 aromatic rings. The molecule has 108 valence electrons. The largest absolute Gasteiger partial charge is 0.468 e. The summed E-state index contributed by atoms with van der Waals surface area (Å²) in [6.45, 7) is 11.7. The summed E-state index contributed by atoms with van der Waals surface area (Å²) in [5, 5.41) is 3.08. The van der Waals surface area contributed by atoms with E-state index in [0.29, 0.717) is 6.04 Å². The molecule has 0 fully saturated rings. The molecule has 0 saturated carbocycles. The van der Waals surface area contributed by atoms with Gasteiger partial charge in [0, 0.05) is 12.6 Å². The van der Waals surface area contributed by atoms with Crippen LogP contribution in [-0.2, 0) is 9.53 Å². The van der Waals surface area contributed by atoms with E-state index in [1.807, 2.05) is 6.92 Å². The Morgan fingerprint density at radius 3 is 2.17 bits per heavy atom. The normalized spacial score (nSPS) is 17.4. The van der Waals surface area contributed by atoms with Crippen LogP contribution < -0.4 is 5.32 Å². The van der Waals surface area contributed by atoms with Crippen LogP contribution in [0.1, 0.15) is 41.0 Å². The minimum atomic E-state index is -0.625. The summed E-state index contributed by atoms with van der Waals surface area (Å²) >= 11 is 0. The van der Waals surface area contributed by atoms with Gasteiger partial charge in [-0.25, -0.2) is 0 Å². The molecule has 2 atom stereocenters. The van der Waals surface area contributed by atoms with Crippen molar-refractivity contribution >= 4 is 5.97 Å². The second-order valence-corrected chi connectivity index (χ2v) is 6.60. The number of ether oxygens (including phenoxy) is 1. The Kier molecular flexibility index (Phi) is 6.30. The lowest BCUT2D eigenvalue weighted by atomic mass is 9.91. The van der Waals surface area contributed by atoms with Crippen LogP contribution in [0.2, 0.25) is 0 Å². The summed E-state index contributed by atoms with van der Waals surface area (Å²) in [4.78, 5) is 14.1. The molecule has 18 heavy (non-hydrogen) atoms. The number of hydrogen-bond donors (Lipinski definition) is 1. The fraction of sp³-hybridized carbons (Fsp3) is 0.929. The van der Waals surface area contributed by atoms with E-state index >= 15 is 0 Å². The molecule has 0 aromatic carbocycles. The SMILES string of the molecule is CNC(C)(CC(C)N(C)CC(C)(C)C)C(=O)OC. The maximum atomic E-state index is 11.8. The van der Waals surface area contributed by atoms with Gasteiger partial charge < -0.3 is 15.0 Å². The zero-order valence-electron chi connectivity index (χ0n) is 13.3. The van der Waals surface area contributed by atoms with E-state index in [4.69, 9.17) is 4.74 Å². The average Bonchev–Trinajstić information content (AvgIpc) is 2.25. The summed E-state index contributed by atoms with van der Waals surface area (Å²) < 4.78 is 4.87. The molecule has 0 heterocycles. The van der Waals surface area contributed by atoms with Gasteiger partial charge in [0.25, 0.3) is 0 Å². The number of esters is 1. The molecule has 0 saturated heterocycles. The van der Waals surface area contributed by atoms with Crippen LogP contribution in [0.3, 0.4) is 0 Å². The van der Waals surface area contributed by atoms with Gasteiger partial charge in [-0.1, -0.05) is 20.8 Å². The van der Waals surface area contributed by atoms with Gasteiger partial charge in [0.15, 0.2) is 0 Å². The monoisotopic (exact) mass is 258 g/mol. The van der Waals surface area contributed by atoms with Crippen LogP contribution in [0.5, 0.6) is 0 Å². The van der Waals surface area contributed by atoms with Crippen molar-refractivity contribution in [3.8, 4) is 0 Å². The van der Waals surface area contributed by atoms with E-state index in [9.17, 15) is 4.79 Å². The molecule has 0 radical (unpaired) electrons. The Balaban J connectivity index is 4.62. The molecule has 0 amide bonds. The summed E-state index contributed by atoms with van der Waals surface area (Å²) in [6, 6.07) is 0.306. The third-order valence-corrected chi connectivity index (χ3v) is 3.37. The van der Waals surface area contributed by atoms with Crippen molar-refractivity contribution in [3.63, 3.8) is 0 Å². The van der Waals surface area contributed by atoms with Crippen molar-refractivity contribution in [2.24, 2.45) is 5.41 Å². The van der Waals surface area contributed by atoms with Crippen LogP contribution in [-0.4, -0.2) is 50.2 Å². The highest BCUT2D eigenvalue weighted by atomic mass is 16.5. The van der Waals surface area contributed by atoms with E-state index in [2.05, 4.69) is 45.0 Å². The maximum absolute atomic E-state index is 11.8. The number of nitrogens with zero attached hydrogens (tertiary/aromatic N) is 1. The second kappa shape index (κ2) is 6.53. The predicted molar refractivity (Wildman–Crippen MR) is 75.6 cm³/mol. The van der Waals surface area contributed by atoms with Crippen LogP contribution in [0, 0.1) is 5.41 Å². The van der Waals surface area contributed by atoms with Gasteiger partial charge in [0.05, 0.1) is 7.11 Å². The topological polar surface area (TPSA) is 41.6 Å². The minimum absolute atomic E-state index is 0.207. The predicted octanol–water partition coefficient (Wildman–Crippen LogP) is 1.89. The Labute approximate surface area is 112 Å². The standard InChI is InChI=1S/C14H30N2O2/c1-11(16(7)10-13(2,3)4)9-14(5,15-6)12(17)18-8/h11,15H,9-10H2,1-8H3. The number of nitrogens with one attached hydrogen (secondary N) is 1. The van der Waals surface area contributed by atoms with E-state index in [0.717, 1.165) is 13.0 Å². The third kappa shape index (κ3) is 5.36. The molecule has 2 unspecified atom stereocenters. The zero-order valence-corrected chi connectivity index (χ0v) is 13.3. The van der Waals surface area contributed by atoms with Crippen molar-refractivity contribution in [2.75, 3.05) is 27.7 Å². The number of hydrogen-bond acceptors (Lipinski definition) is 4. The fourth-order valence-corrected chi connectivity index (χ4v) is 2.16. The van der Waals surface area contributed by atoms with Crippen molar-refractivity contribution in [1.82, 2.24) is 10.2 Å². The number of rotatable bonds is 6. The molecule has 0 aliphatic rings. The van der Waals surface area contributed by atoms with E-state index in [1.54, 1.807) is 7.05 Å². The van der Waals surface area contributed by atoms with Crippen LogP contribution in [0.15, 0.2) is 0 Å². The first-order chi connectivity index (χ1) is 8.05. The summed E-state index contributed by atoms with van der Waals surface area (Å²) in [6.07, 6.45) is 0.725. The maximum Gasteiger partial charge on any atom is 0.325 e. The lowest BCUT2D eigenvalue weighted by Gasteiger charge is -2.36. The number of likely N-dealkylation sites (N-methyl/N-ethyl adjacent to an activating group) is 1. The fourth-order valence-electron chi connectivity index (χ4n) is 2.16. The smallest absolute Gasteiger partial charge is 0.325 e. The molecule has 1 N–H and O–H groups in total. The van der Waals surface area contributed by atoms with Crippen molar-refractivity contribution < 1.29 is 9.53 Å². The van der Waals surface area contributed by atoms with Gasteiger partial charge >= 0.3 is 5.97 Å². The zero-order chi connectivity index (χ0) is 14.6. The molecule has 0 aliphatic heterocycles. The van der Waals surface area contributed by atoms with Crippen LogP contribution >= 0.6 is 0 Å². The number of methoxy groups -OCH3 is 1. The summed E-state index contributed by atoms with van der Waals surface area (Å²) in [5.74, 6) is -0.207. The Bertz CT molecular complexity index is 273. The lowest BCUT2D eigenvalue weighted by Crippen LogP contribution is -2.52. The lowest BCUT2D eigenvalue weighted by molar-refractivity contribution is -0.148. The Morgan fingerprint density at radius 2 is 1.83 bits per heavy atom. The Hall–Kier alpha value is -0.610. The highest BCUT2D eigenvalue weighted by molar-refractivity contribution is 5.80. The van der Waals surface area contributed by atoms with E-state index < -0.39 is 5.54 Å². The van der Waals surface area contributed by atoms with Crippen LogP contribution in [0.4, 0.5) is 0 Å². The molecular formula is C14H30N2O2. The second-order valence-electron chi connectivity index (χ2n) is 6.60. The van der Waals surface area contributed by atoms with E-state index in [-0.39, 0.29) is 11.4 Å². The molecule has 0 aromatic heterocycles. The van der Waals surface area contributed by atoms with Crippen molar-refractivity contribution in [2.45, 2.75) is 52.6 Å². The van der Waals surface area contributed by atoms with Gasteiger partial charge in [-0.05, 0) is 39.8 Å². The van der Waals surface area contributed by atoms with Crippen molar-refractivity contribution in [3.05, 3.63) is 0 Å². The van der Waals surface area contributed by atoms with Gasteiger partial charge in [0.1, 0.15) is 5.54 Å². The molecule has 0 aliphatic carbocycles. The molecule has 4 nitrogen and oxygen atoms in total. The average molecular weight is 258 g/mol. The quantitative estimate of drug-likeness (QED) is 0.739. The highest BCUT2D eigenvalue weighted by Crippen LogP contribution is 2.21. The Morgan fingerprint density at radius 1 is 1.33 bits per heavy atom. The first-order valence-corrected chi connectivity index (χ1v) is 6.53. The summed E-state index contributed by atoms with van der Waals surface area (Å²) in [7, 11) is 5.33. The third-order valence-electron chi connectivity index (χ3n) is 3.37. The number of carbonyl (C=O) groups is 1.